The molecule has 1 aliphatic carbocycles. The van der Waals surface area contributed by atoms with E-state index in [1.165, 1.54) is 11.9 Å². The average molecular weight is 1430 g/mol. The molecule has 4 aromatic carbocycles. The maximum absolute atomic E-state index is 14.3. The summed E-state index contributed by atoms with van der Waals surface area (Å²) in [5.41, 5.74) is 8.62. The largest absolute Gasteiger partial charge is 0.481 e. The number of unbranched alkanes of at least 4 members (excludes halogenated alkanes) is 7. The number of ether oxygens (including phenoxy) is 1. The number of carboxylic acids is 3. The van der Waals surface area contributed by atoms with Crippen LogP contribution in [0.25, 0.3) is 0 Å². The fourth-order valence-electron chi connectivity index (χ4n) is 13.5. The third-order valence-corrected chi connectivity index (χ3v) is 20.7. The van der Waals surface area contributed by atoms with Crippen LogP contribution in [0.5, 0.6) is 5.75 Å². The molecule has 0 radical (unpaired) electrons. The number of anilines is 1. The van der Waals surface area contributed by atoms with Gasteiger partial charge in [0.15, 0.2) is 11.5 Å². The number of carboxylic acid groups (broad SMARTS) is 3. The summed E-state index contributed by atoms with van der Waals surface area (Å²) in [6.07, 6.45) is 16.4. The monoisotopic (exact) mass is 1430 g/mol. The van der Waals surface area contributed by atoms with Crippen molar-refractivity contribution in [2.75, 3.05) is 43.1 Å². The second-order valence-corrected chi connectivity index (χ2v) is 30.8. The molecule has 3 amide bonds. The Balaban J connectivity index is 1.03. The molecular weight excluding hydrogens is 1330 g/mol. The molecule has 4 aromatic rings. The second-order valence-electron chi connectivity index (χ2n) is 27.7. The first kappa shape index (κ1) is 79.7. The van der Waals surface area contributed by atoms with E-state index in [9.17, 15) is 69.7 Å². The second kappa shape index (κ2) is 37.4. The van der Waals surface area contributed by atoms with E-state index >= 15 is 0 Å². The first-order valence-corrected chi connectivity index (χ1v) is 38.3. The third kappa shape index (κ3) is 24.3. The van der Waals surface area contributed by atoms with E-state index in [0.29, 0.717) is 75.1 Å². The van der Waals surface area contributed by atoms with Gasteiger partial charge in [-0.3, -0.25) is 33.1 Å². The minimum atomic E-state index is -4.14. The molecule has 3 atom stereocenters. The van der Waals surface area contributed by atoms with Crippen LogP contribution in [-0.4, -0.2) is 148 Å². The number of nitrogens with zero attached hydrogens (tertiary/aromatic N) is 3. The first-order chi connectivity index (χ1) is 47.9. The third-order valence-electron chi connectivity index (χ3n) is 19.1. The van der Waals surface area contributed by atoms with Gasteiger partial charge in [0, 0.05) is 93.2 Å². The van der Waals surface area contributed by atoms with Crippen molar-refractivity contribution in [3.63, 3.8) is 0 Å². The standard InChI is InChI=1S/C77H99N5O17S2/c1-76(2)61-30-15-17-32-65(61)81(47-19-21-49-100(93,94)95)68(76)44-38-56-27-23-28-57(39-45-69-77(3,4)62-31-16-18-33-66(62)82(69)48-20-22-50-101(96,97)98)72(56)99-60-41-36-55(37-42-60)51-58(73(88)89)53-67(84)64(52-54-25-11-10-12-26-54)78-70(85)34-14-9-7-6-8-13-29-59(83)40-43-63(74(90)91)79-75(92)80(5)46-24-35-71(86)87/h10-12,15-18,25-26,30-33,36-39,41-42,44-45,58,63-64H,6-9,13-14,19-24,27-29,34-35,40,43,46-53H2,1-5H3,(H6-,78,79,85,86,87,88,89,90,91,92,93,94,95,96,97,98)/p+1/t58-,63+,64+/m1/s1. The maximum atomic E-state index is 14.3. The SMILES string of the molecule is CN(CCCC(=O)O)C(=O)N[C@@H](CCC(=O)CCCCCCCCC(=O)N[C@@H](Cc1ccccc1)C(=O)C[C@@H](Cc1ccc(OC2=C(C=CC3=[N+](CCCCS(=O)(=O)O)c4ccccc4C3(C)C)CCCC2=CC=C2N(CCCCS(=O)(=O)O)c3ccccc3C2(C)C)cc1)C(=O)O)C(=O)O. The lowest BCUT2D eigenvalue weighted by Crippen LogP contribution is -2.47. The van der Waals surface area contributed by atoms with Gasteiger partial charge in [-0.05, 0) is 149 Å². The molecule has 0 unspecified atom stereocenters. The molecule has 0 saturated heterocycles. The Labute approximate surface area is 594 Å². The Morgan fingerprint density at radius 2 is 1.25 bits per heavy atom. The van der Waals surface area contributed by atoms with E-state index in [1.54, 1.807) is 24.3 Å². The summed E-state index contributed by atoms with van der Waals surface area (Å²) in [4.78, 5) is 92.0. The number of nitrogens with one attached hydrogen (secondary N) is 2. The average Bonchev–Trinajstić information content (AvgIpc) is 1.60. The lowest BCUT2D eigenvalue weighted by molar-refractivity contribution is -0.438. The summed E-state index contributed by atoms with van der Waals surface area (Å²) in [5, 5.41) is 34.4. The zero-order valence-corrected chi connectivity index (χ0v) is 60.4. The topological polar surface area (TPSA) is 332 Å². The van der Waals surface area contributed by atoms with Crippen LogP contribution in [0.4, 0.5) is 16.2 Å². The molecule has 7 N–H and O–H groups in total. The van der Waals surface area contributed by atoms with E-state index in [-0.39, 0.29) is 100 Å². The Kier molecular flexibility index (Phi) is 29.5. The van der Waals surface area contributed by atoms with E-state index < -0.39 is 78.8 Å². The number of para-hydroxylation sites is 2. The number of amides is 3. The van der Waals surface area contributed by atoms with Gasteiger partial charge >= 0.3 is 23.9 Å². The Morgan fingerprint density at radius 3 is 1.91 bits per heavy atom. The van der Waals surface area contributed by atoms with Gasteiger partial charge in [0.25, 0.3) is 20.2 Å². The van der Waals surface area contributed by atoms with Gasteiger partial charge in [0.05, 0.1) is 28.9 Å². The zero-order chi connectivity index (χ0) is 73.5. The fraction of sp³-hybridized carbons (Fsp3) is 0.481. The highest BCUT2D eigenvalue weighted by molar-refractivity contribution is 7.86. The van der Waals surface area contributed by atoms with Gasteiger partial charge in [-0.25, -0.2) is 9.59 Å². The molecule has 101 heavy (non-hydrogen) atoms. The molecule has 0 spiro atoms. The Bertz CT molecular complexity index is 3990. The number of urea groups is 1. The minimum absolute atomic E-state index is 0.00722. The quantitative estimate of drug-likeness (QED) is 0.0123. The van der Waals surface area contributed by atoms with Crippen molar-refractivity contribution in [3.8, 4) is 5.75 Å². The van der Waals surface area contributed by atoms with E-state index in [0.717, 1.165) is 76.3 Å². The number of benzene rings is 4. The summed E-state index contributed by atoms with van der Waals surface area (Å²) < 4.78 is 75.1. The van der Waals surface area contributed by atoms with Gasteiger partial charge in [-0.1, -0.05) is 124 Å². The lowest BCUT2D eigenvalue weighted by Gasteiger charge is -2.27. The van der Waals surface area contributed by atoms with E-state index in [1.807, 2.05) is 54.6 Å². The van der Waals surface area contributed by atoms with Crippen molar-refractivity contribution >= 4 is 78.7 Å². The summed E-state index contributed by atoms with van der Waals surface area (Å²) in [7, 11) is -6.84. The summed E-state index contributed by atoms with van der Waals surface area (Å²) >= 11 is 0. The smallest absolute Gasteiger partial charge is 0.326 e. The molecule has 2 heterocycles. The van der Waals surface area contributed by atoms with Crippen LogP contribution in [0.2, 0.25) is 0 Å². The molecule has 0 fully saturated rings. The Morgan fingerprint density at radius 1 is 0.624 bits per heavy atom. The summed E-state index contributed by atoms with van der Waals surface area (Å²) in [5.74, 6) is -5.04. The lowest BCUT2D eigenvalue weighted by atomic mass is 9.81. The molecule has 546 valence electrons. The molecular formula is C77H100N5O17S2+. The molecule has 22 nitrogen and oxygen atoms in total. The number of fused-ring (bicyclic) bond motifs is 2. The number of ketones is 2. The number of allylic oxidation sites excluding steroid dienone is 7. The molecule has 0 bridgehead atoms. The highest BCUT2D eigenvalue weighted by Gasteiger charge is 2.44. The highest BCUT2D eigenvalue weighted by Crippen LogP contribution is 2.48. The number of aliphatic carboxylic acids is 3. The molecule has 0 saturated carbocycles. The van der Waals surface area contributed by atoms with Gasteiger partial charge in [-0.15, -0.1) is 0 Å². The Hall–Kier alpha value is -8.58. The van der Waals surface area contributed by atoms with Gasteiger partial charge < -0.3 is 40.5 Å². The highest BCUT2D eigenvalue weighted by atomic mass is 32.2. The summed E-state index contributed by atoms with van der Waals surface area (Å²) in [6, 6.07) is 29.6. The van der Waals surface area contributed by atoms with Gasteiger partial charge in [0.1, 0.15) is 29.9 Å². The normalized spacial score (nSPS) is 16.6. The van der Waals surface area contributed by atoms with Gasteiger partial charge in [0.2, 0.25) is 11.6 Å². The predicted octanol–water partition coefficient (Wildman–Crippen LogP) is 12.4. The van der Waals surface area contributed by atoms with Crippen molar-refractivity contribution in [2.24, 2.45) is 5.92 Å². The minimum Gasteiger partial charge on any atom is -0.481 e. The van der Waals surface area contributed by atoms with Crippen molar-refractivity contribution in [1.82, 2.24) is 15.5 Å². The predicted molar refractivity (Wildman–Crippen MR) is 388 cm³/mol. The molecule has 2 aliphatic heterocycles. The molecule has 3 aliphatic rings. The van der Waals surface area contributed by atoms with Crippen LogP contribution in [-0.2, 0) is 72.7 Å². The fourth-order valence-corrected chi connectivity index (χ4v) is 14.6. The zero-order valence-electron chi connectivity index (χ0n) is 58.7. The number of hydrogen-bond acceptors (Lipinski definition) is 13. The van der Waals surface area contributed by atoms with Crippen molar-refractivity contribution < 1.29 is 84.1 Å². The van der Waals surface area contributed by atoms with Crippen molar-refractivity contribution in [3.05, 3.63) is 172 Å². The number of carbonyl (C=O) groups is 7. The van der Waals surface area contributed by atoms with Crippen LogP contribution in [0, 0.1) is 5.92 Å². The van der Waals surface area contributed by atoms with Crippen LogP contribution in [0.1, 0.15) is 178 Å². The van der Waals surface area contributed by atoms with Crippen molar-refractivity contribution in [1.29, 1.82) is 0 Å². The van der Waals surface area contributed by atoms with E-state index in [4.69, 9.17) is 9.84 Å². The number of rotatable bonds is 42. The van der Waals surface area contributed by atoms with Crippen LogP contribution < -0.4 is 20.3 Å². The van der Waals surface area contributed by atoms with Crippen molar-refractivity contribution in [2.45, 2.75) is 192 Å². The number of Topliss-reactive ketones (excluding diaryl/α,β-unsaturated/α-hetero) is 2. The summed E-state index contributed by atoms with van der Waals surface area (Å²) in [6.45, 7) is 9.76. The number of hydrogen-bond donors (Lipinski definition) is 7. The maximum Gasteiger partial charge on any atom is 0.326 e. The van der Waals surface area contributed by atoms with Crippen LogP contribution in [0.15, 0.2) is 150 Å². The van der Waals surface area contributed by atoms with Gasteiger partial charge in [-0.2, -0.15) is 21.4 Å². The van der Waals surface area contributed by atoms with Crippen LogP contribution >= 0.6 is 0 Å². The molecule has 24 heteroatoms. The first-order valence-electron chi connectivity index (χ1n) is 35.1. The number of carbonyl (C=O) groups excluding carboxylic acids is 4. The van der Waals surface area contributed by atoms with Crippen LogP contribution in [0.3, 0.4) is 0 Å². The molecule has 7 rings (SSSR count). The van der Waals surface area contributed by atoms with E-state index in [2.05, 4.69) is 96.4 Å². The molecule has 0 aromatic heterocycles.